The molecule has 0 saturated heterocycles. The normalized spacial score (nSPS) is 9.67. The van der Waals surface area contributed by atoms with E-state index in [1.165, 1.54) is 14.9 Å². The molecule has 3 nitrogen and oxygen atoms in total. The molecule has 32 valence electrons. The van der Waals surface area contributed by atoms with Crippen LogP contribution in [-0.2, 0) is 35.8 Å². The van der Waals surface area contributed by atoms with E-state index in [1.54, 1.807) is 0 Å². The largest absolute Gasteiger partial charge is 2.00 e. The van der Waals surface area contributed by atoms with Crippen molar-refractivity contribution in [3.63, 3.8) is 0 Å². The topological polar surface area (TPSA) is 57.2 Å². The summed E-state index contributed by atoms with van der Waals surface area (Å²) in [6.07, 6.45) is 0. The summed E-state index contributed by atoms with van der Waals surface area (Å²) in [5.41, 5.74) is 0. The molecule has 0 fully saturated rings. The Kier molecular flexibility index (Phi) is 5.81. The molecule has 0 heterocycles. The average Bonchev–Trinajstić information content (AvgIpc) is 0.722. The summed E-state index contributed by atoms with van der Waals surface area (Å²) >= 11 is 1.40. The number of rotatable bonds is 0. The molecule has 0 radical (unpaired) electrons. The van der Waals surface area contributed by atoms with Gasteiger partial charge in [-0.05, 0) is 0 Å². The molecule has 0 N–H and O–H groups in total. The van der Waals surface area contributed by atoms with Crippen LogP contribution in [-0.4, -0.2) is 27.9 Å². The predicted molar refractivity (Wildman–Crippen MR) is 15.5 cm³/mol. The Hall–Kier alpha value is 1.35. The third-order valence-electron chi connectivity index (χ3n) is 0. The fourth-order valence-corrected chi connectivity index (χ4v) is 0. The SMILES string of the molecule is O=S(=O)([O-])[Se-].[Cd+2]. The summed E-state index contributed by atoms with van der Waals surface area (Å²) in [7, 11) is -4.04. The molecule has 0 spiro atoms. The monoisotopic (exact) mass is 274 g/mol. The van der Waals surface area contributed by atoms with Crippen LogP contribution in [0.1, 0.15) is 0 Å². The molecule has 0 aliphatic heterocycles. The van der Waals surface area contributed by atoms with Gasteiger partial charge in [-0.2, -0.15) is 0 Å². The second kappa shape index (κ2) is 3.37. The quantitative estimate of drug-likeness (QED) is 0.403. The Bertz CT molecular complexity index is 94.0. The average molecular weight is 271 g/mol. The van der Waals surface area contributed by atoms with Crippen molar-refractivity contribution in [2.45, 2.75) is 0 Å². The molecule has 0 aliphatic carbocycles. The van der Waals surface area contributed by atoms with E-state index in [0.29, 0.717) is 0 Å². The minimum atomic E-state index is -4.04. The molecule has 0 amide bonds. The standard InChI is InChI=1S/Cd.H2O3SSe/c;1-4(2,3)5/h;(H2,1,2,3,5)/q+2;/p-2. The molecule has 0 aromatic rings. The molecule has 0 bridgehead atoms. The van der Waals surface area contributed by atoms with E-state index in [0.717, 1.165) is 0 Å². The van der Waals surface area contributed by atoms with Gasteiger partial charge >= 0.3 is 63.7 Å². The van der Waals surface area contributed by atoms with Gasteiger partial charge in [0.2, 0.25) is 0 Å². The molecule has 0 aromatic heterocycles. The predicted octanol–water partition coefficient (Wildman–Crippen LogP) is -1.39. The molecule has 6 heavy (non-hydrogen) atoms. The molecule has 0 rings (SSSR count). The Morgan fingerprint density at radius 1 is 1.50 bits per heavy atom. The fourth-order valence-electron chi connectivity index (χ4n) is 0. The molecule has 0 aliphatic rings. The van der Waals surface area contributed by atoms with Gasteiger partial charge in [0.15, 0.2) is 0 Å². The molecule has 0 saturated carbocycles. The summed E-state index contributed by atoms with van der Waals surface area (Å²) in [5.74, 6) is 0. The fraction of sp³-hybridized carbons (Fsp3) is 0. The van der Waals surface area contributed by atoms with Gasteiger partial charge < -0.3 is 0 Å². The first kappa shape index (κ1) is 10.4. The summed E-state index contributed by atoms with van der Waals surface area (Å²) in [6, 6.07) is 0. The van der Waals surface area contributed by atoms with Crippen molar-refractivity contribution >= 4 is 23.4 Å². The van der Waals surface area contributed by atoms with E-state index in [9.17, 15) is 0 Å². The van der Waals surface area contributed by atoms with Crippen LogP contribution in [0.4, 0.5) is 0 Å². The van der Waals surface area contributed by atoms with Crippen molar-refractivity contribution in [3.05, 3.63) is 0 Å². The minimum Gasteiger partial charge on any atom is 2.00 e. The maximum Gasteiger partial charge on any atom is 2.00 e. The Morgan fingerprint density at radius 3 is 1.50 bits per heavy atom. The Morgan fingerprint density at radius 2 is 1.50 bits per heavy atom. The van der Waals surface area contributed by atoms with Gasteiger partial charge in [0, 0.05) is 0 Å². The van der Waals surface area contributed by atoms with Crippen LogP contribution < -0.4 is 0 Å². The molecular formula is CdO3SSe. The number of hydrogen-bond donors (Lipinski definition) is 0. The molecule has 0 atom stereocenters. The summed E-state index contributed by atoms with van der Waals surface area (Å²) < 4.78 is 27.1. The zero-order valence-corrected chi connectivity index (χ0v) is 9.31. The first-order valence-corrected chi connectivity index (χ1v) is 4.10. The number of hydrogen-bond acceptors (Lipinski definition) is 3. The van der Waals surface area contributed by atoms with Gasteiger partial charge in [-0.3, -0.25) is 0 Å². The van der Waals surface area contributed by atoms with Crippen LogP contribution in [0.2, 0.25) is 0 Å². The van der Waals surface area contributed by atoms with Gasteiger partial charge in [0.25, 0.3) is 0 Å². The van der Waals surface area contributed by atoms with E-state index in [2.05, 4.69) is 0 Å². The van der Waals surface area contributed by atoms with Gasteiger partial charge in [-0.15, -0.1) is 0 Å². The maximum absolute atomic E-state index is 9.02. The second-order valence-corrected chi connectivity index (χ2v) is 3.79. The zero-order valence-electron chi connectivity index (χ0n) is 2.75. The van der Waals surface area contributed by atoms with Crippen molar-refractivity contribution in [1.82, 2.24) is 0 Å². The third kappa shape index (κ3) is 55.5. The van der Waals surface area contributed by atoms with Crippen molar-refractivity contribution in [1.29, 1.82) is 0 Å². The summed E-state index contributed by atoms with van der Waals surface area (Å²) in [6.45, 7) is 0. The second-order valence-electron chi connectivity index (χ2n) is 0.408. The van der Waals surface area contributed by atoms with E-state index >= 15 is 0 Å². The minimum absolute atomic E-state index is 0. The van der Waals surface area contributed by atoms with Crippen molar-refractivity contribution in [2.24, 2.45) is 0 Å². The summed E-state index contributed by atoms with van der Waals surface area (Å²) in [4.78, 5) is 0. The van der Waals surface area contributed by atoms with E-state index in [-0.39, 0.29) is 27.3 Å². The van der Waals surface area contributed by atoms with E-state index < -0.39 is 8.54 Å². The van der Waals surface area contributed by atoms with Crippen LogP contribution in [0.3, 0.4) is 0 Å². The van der Waals surface area contributed by atoms with Crippen LogP contribution in [0.15, 0.2) is 0 Å². The van der Waals surface area contributed by atoms with Crippen LogP contribution in [0, 0.1) is 0 Å². The van der Waals surface area contributed by atoms with E-state index in [4.69, 9.17) is 13.0 Å². The molecule has 0 unspecified atom stereocenters. The smallest absolute Gasteiger partial charge is 2.00 e. The van der Waals surface area contributed by atoms with Gasteiger partial charge in [-0.25, -0.2) is 0 Å². The molecular weight excluding hydrogens is 271 g/mol. The molecule has 6 heteroatoms. The van der Waals surface area contributed by atoms with Crippen LogP contribution >= 0.6 is 0 Å². The van der Waals surface area contributed by atoms with Crippen molar-refractivity contribution < 1.29 is 40.3 Å². The third-order valence-corrected chi connectivity index (χ3v) is 0. The van der Waals surface area contributed by atoms with Crippen molar-refractivity contribution in [2.75, 3.05) is 0 Å². The maximum atomic E-state index is 9.02. The van der Waals surface area contributed by atoms with E-state index in [1.807, 2.05) is 0 Å². The van der Waals surface area contributed by atoms with Crippen LogP contribution in [0.25, 0.3) is 0 Å². The first-order chi connectivity index (χ1) is 2.00. The van der Waals surface area contributed by atoms with Gasteiger partial charge in [0.05, 0.1) is 0 Å². The Labute approximate surface area is 63.3 Å². The van der Waals surface area contributed by atoms with Gasteiger partial charge in [-0.1, -0.05) is 0 Å². The summed E-state index contributed by atoms with van der Waals surface area (Å²) in [5, 5.41) is 0. The Balaban J connectivity index is 0. The van der Waals surface area contributed by atoms with Crippen LogP contribution in [0.5, 0.6) is 0 Å². The van der Waals surface area contributed by atoms with Crippen molar-refractivity contribution in [3.8, 4) is 0 Å². The molecule has 0 aromatic carbocycles. The zero-order chi connectivity index (χ0) is 4.50. The first-order valence-electron chi connectivity index (χ1n) is 0.667. The van der Waals surface area contributed by atoms with Gasteiger partial charge in [0.1, 0.15) is 0 Å².